The number of fused-ring (bicyclic) bond motifs is 1. The van der Waals surface area contributed by atoms with Gasteiger partial charge in [0.2, 0.25) is 0 Å². The molecule has 1 aliphatic rings. The third-order valence-corrected chi connectivity index (χ3v) is 5.96. The van der Waals surface area contributed by atoms with Crippen molar-refractivity contribution in [1.82, 2.24) is 4.90 Å². The summed E-state index contributed by atoms with van der Waals surface area (Å²) >= 11 is 6.12. The smallest absolute Gasteiger partial charge is 0.410 e. The van der Waals surface area contributed by atoms with Crippen molar-refractivity contribution in [2.75, 3.05) is 13.1 Å². The van der Waals surface area contributed by atoms with Crippen LogP contribution in [0.2, 0.25) is 5.02 Å². The van der Waals surface area contributed by atoms with Gasteiger partial charge >= 0.3 is 6.09 Å². The highest BCUT2D eigenvalue weighted by molar-refractivity contribution is 6.35. The Labute approximate surface area is 196 Å². The van der Waals surface area contributed by atoms with E-state index in [1.54, 1.807) is 23.1 Å². The normalized spacial score (nSPS) is 15.2. The fourth-order valence-electron chi connectivity index (χ4n) is 4.06. The fraction of sp³-hybridized carbons (Fsp3) is 0.400. The zero-order valence-electron chi connectivity index (χ0n) is 18.8. The molecule has 0 radical (unpaired) electrons. The lowest BCUT2D eigenvalue weighted by atomic mass is 9.89. The van der Waals surface area contributed by atoms with Crippen LogP contribution in [0.15, 0.2) is 40.8 Å². The molecule has 33 heavy (non-hydrogen) atoms. The van der Waals surface area contributed by atoms with Crippen molar-refractivity contribution in [3.63, 3.8) is 0 Å². The topological polar surface area (TPSA) is 51.9 Å². The number of nitrogens with zero attached hydrogens (tertiary/aromatic N) is 1. The number of halogens is 3. The molecule has 5 nitrogen and oxygen atoms in total. The fourth-order valence-corrected chi connectivity index (χ4v) is 4.26. The van der Waals surface area contributed by atoms with E-state index in [0.717, 1.165) is 5.56 Å². The highest BCUT2D eigenvalue weighted by Crippen LogP contribution is 2.36. The maximum Gasteiger partial charge on any atom is 0.410 e. The van der Waals surface area contributed by atoms with Crippen LogP contribution in [0.4, 0.5) is 13.6 Å². The van der Waals surface area contributed by atoms with E-state index in [2.05, 4.69) is 0 Å². The molecule has 1 aromatic heterocycles. The molecule has 0 aliphatic carbocycles. The number of carbonyl (C=O) groups excluding carboxylic acids is 1. The first-order valence-electron chi connectivity index (χ1n) is 10.9. The summed E-state index contributed by atoms with van der Waals surface area (Å²) in [6, 6.07) is 8.33. The van der Waals surface area contributed by atoms with Crippen molar-refractivity contribution in [3.05, 3.63) is 64.4 Å². The quantitative estimate of drug-likeness (QED) is 0.403. The maximum atomic E-state index is 14.0. The van der Waals surface area contributed by atoms with Crippen LogP contribution < -0.4 is 4.74 Å². The monoisotopic (exact) mass is 477 g/mol. The molecule has 8 heteroatoms. The Morgan fingerprint density at radius 3 is 2.58 bits per heavy atom. The second-order valence-electron chi connectivity index (χ2n) is 9.21. The number of carbonyl (C=O) groups is 1. The van der Waals surface area contributed by atoms with E-state index in [1.165, 1.54) is 18.2 Å². The SMILES string of the molecule is CC(C)(C)OC(=O)N1CCC(c2ccc(F)cc2OCc2ccc(Cl)c3cc(F)oc23)CC1. The minimum Gasteiger partial charge on any atom is -0.488 e. The molecule has 2 aromatic carbocycles. The summed E-state index contributed by atoms with van der Waals surface area (Å²) < 4.78 is 44.3. The number of amides is 1. The molecular weight excluding hydrogens is 452 g/mol. The number of hydrogen-bond donors (Lipinski definition) is 0. The lowest BCUT2D eigenvalue weighted by Gasteiger charge is -2.34. The van der Waals surface area contributed by atoms with E-state index in [1.807, 2.05) is 20.8 Å². The van der Waals surface area contributed by atoms with Crippen LogP contribution in [-0.2, 0) is 11.3 Å². The van der Waals surface area contributed by atoms with E-state index < -0.39 is 17.4 Å². The highest BCUT2D eigenvalue weighted by Gasteiger charge is 2.29. The van der Waals surface area contributed by atoms with Crippen molar-refractivity contribution >= 4 is 28.7 Å². The second-order valence-corrected chi connectivity index (χ2v) is 9.62. The Morgan fingerprint density at radius 1 is 1.15 bits per heavy atom. The first kappa shape index (κ1) is 23.4. The largest absolute Gasteiger partial charge is 0.488 e. The number of hydrogen-bond acceptors (Lipinski definition) is 4. The molecule has 4 rings (SSSR count). The van der Waals surface area contributed by atoms with Gasteiger partial charge in [-0.1, -0.05) is 23.7 Å². The van der Waals surface area contributed by atoms with Crippen LogP contribution >= 0.6 is 11.6 Å². The molecule has 0 N–H and O–H groups in total. The predicted molar refractivity (Wildman–Crippen MR) is 122 cm³/mol. The van der Waals surface area contributed by atoms with Gasteiger partial charge in [-0.2, -0.15) is 4.39 Å². The number of piperidine rings is 1. The average Bonchev–Trinajstić information content (AvgIpc) is 3.15. The third-order valence-electron chi connectivity index (χ3n) is 5.63. The van der Waals surface area contributed by atoms with E-state index in [9.17, 15) is 13.6 Å². The van der Waals surface area contributed by atoms with Gasteiger partial charge in [0, 0.05) is 36.2 Å². The summed E-state index contributed by atoms with van der Waals surface area (Å²) in [4.78, 5) is 14.0. The summed E-state index contributed by atoms with van der Waals surface area (Å²) in [6.45, 7) is 6.66. The molecular formula is C25H26ClF2NO4. The zero-order valence-corrected chi connectivity index (χ0v) is 19.5. The van der Waals surface area contributed by atoms with Gasteiger partial charge in [-0.25, -0.2) is 9.18 Å². The molecule has 1 fully saturated rings. The van der Waals surface area contributed by atoms with E-state index in [4.69, 9.17) is 25.5 Å². The van der Waals surface area contributed by atoms with Crippen molar-refractivity contribution in [1.29, 1.82) is 0 Å². The summed E-state index contributed by atoms with van der Waals surface area (Å²) in [5, 5.41) is 0.842. The Balaban J connectivity index is 1.48. The Kier molecular flexibility index (Phi) is 6.52. The summed E-state index contributed by atoms with van der Waals surface area (Å²) in [5.41, 5.74) is 1.24. The number of furan rings is 1. The molecule has 3 aromatic rings. The number of rotatable bonds is 4. The van der Waals surface area contributed by atoms with Gasteiger partial charge in [-0.3, -0.25) is 0 Å². The average molecular weight is 478 g/mol. The van der Waals surface area contributed by atoms with Crippen LogP contribution in [0.5, 0.6) is 5.75 Å². The van der Waals surface area contributed by atoms with Gasteiger partial charge in [0.1, 0.15) is 29.4 Å². The zero-order chi connectivity index (χ0) is 23.8. The molecule has 2 heterocycles. The summed E-state index contributed by atoms with van der Waals surface area (Å²) in [7, 11) is 0. The molecule has 0 atom stereocenters. The van der Waals surface area contributed by atoms with Gasteiger partial charge < -0.3 is 18.8 Å². The van der Waals surface area contributed by atoms with Crippen molar-refractivity contribution in [2.24, 2.45) is 0 Å². The predicted octanol–water partition coefficient (Wildman–Crippen LogP) is 7.06. The van der Waals surface area contributed by atoms with Gasteiger partial charge in [0.15, 0.2) is 0 Å². The summed E-state index contributed by atoms with van der Waals surface area (Å²) in [6.07, 6.45) is 1.08. The lowest BCUT2D eigenvalue weighted by Crippen LogP contribution is -2.41. The summed E-state index contributed by atoms with van der Waals surface area (Å²) in [5.74, 6) is 0.108. The number of likely N-dealkylation sites (tertiary alicyclic amines) is 1. The van der Waals surface area contributed by atoms with E-state index >= 15 is 0 Å². The van der Waals surface area contributed by atoms with Crippen molar-refractivity contribution in [2.45, 2.75) is 51.7 Å². The molecule has 1 amide bonds. The van der Waals surface area contributed by atoms with Gasteiger partial charge in [-0.15, -0.1) is 0 Å². The molecule has 0 bridgehead atoms. The van der Waals surface area contributed by atoms with Crippen LogP contribution in [0, 0.1) is 11.8 Å². The Morgan fingerprint density at radius 2 is 1.88 bits per heavy atom. The van der Waals surface area contributed by atoms with Crippen LogP contribution in [0.25, 0.3) is 11.0 Å². The van der Waals surface area contributed by atoms with Crippen LogP contribution in [0.3, 0.4) is 0 Å². The molecule has 1 saturated heterocycles. The van der Waals surface area contributed by atoms with Gasteiger partial charge in [-0.05, 0) is 57.2 Å². The van der Waals surface area contributed by atoms with E-state index in [-0.39, 0.29) is 18.6 Å². The first-order valence-corrected chi connectivity index (χ1v) is 11.2. The maximum absolute atomic E-state index is 14.0. The second kappa shape index (κ2) is 9.21. The Hall–Kier alpha value is -2.80. The van der Waals surface area contributed by atoms with Crippen molar-refractivity contribution in [3.8, 4) is 5.75 Å². The molecule has 0 saturated carbocycles. The molecule has 0 spiro atoms. The minimum absolute atomic E-state index is 0.0633. The number of benzene rings is 2. The molecule has 1 aliphatic heterocycles. The van der Waals surface area contributed by atoms with Crippen LogP contribution in [0.1, 0.15) is 50.7 Å². The van der Waals surface area contributed by atoms with Gasteiger partial charge in [0.05, 0.1) is 5.02 Å². The highest BCUT2D eigenvalue weighted by atomic mass is 35.5. The lowest BCUT2D eigenvalue weighted by molar-refractivity contribution is 0.0204. The van der Waals surface area contributed by atoms with E-state index in [0.29, 0.717) is 53.2 Å². The Bertz CT molecular complexity index is 1160. The van der Waals surface area contributed by atoms with Crippen molar-refractivity contribution < 1.29 is 27.5 Å². The van der Waals surface area contributed by atoms with Gasteiger partial charge in [0.25, 0.3) is 6.01 Å². The van der Waals surface area contributed by atoms with Crippen LogP contribution in [-0.4, -0.2) is 29.7 Å². The minimum atomic E-state index is -0.734. The first-order chi connectivity index (χ1) is 15.6. The number of ether oxygens (including phenoxy) is 2. The standard InChI is InChI=1S/C25H26ClF2NO4/c1-25(2,3)33-24(30)29-10-8-15(9-11-29)18-6-5-17(27)12-21(18)31-14-16-4-7-20(26)19-13-22(28)32-23(16)19/h4-7,12-13,15H,8-11,14H2,1-3H3. The molecule has 176 valence electrons. The third kappa shape index (κ3) is 5.41. The molecule has 0 unspecified atom stereocenters.